The predicted octanol–water partition coefficient (Wildman–Crippen LogP) is 2.18. The van der Waals surface area contributed by atoms with Crippen LogP contribution in [0.15, 0.2) is 23.2 Å². The summed E-state index contributed by atoms with van der Waals surface area (Å²) < 4.78 is 12.9. The number of halogens is 1. The molecule has 58 valence electrons. The first-order chi connectivity index (χ1) is 5.24. The largest absolute Gasteiger partial charge is 0.296 e. The number of aliphatic imine (C=N–C) groups is 1. The molecule has 0 unspecified atom stereocenters. The lowest BCUT2D eigenvalue weighted by Gasteiger charge is -1.96. The second-order valence-electron chi connectivity index (χ2n) is 2.41. The van der Waals surface area contributed by atoms with Gasteiger partial charge in [0.1, 0.15) is 5.82 Å². The van der Waals surface area contributed by atoms with E-state index in [9.17, 15) is 4.39 Å². The molecule has 0 radical (unpaired) electrons. The molecule has 0 fully saturated rings. The Bertz CT molecular complexity index is 279. The highest BCUT2D eigenvalue weighted by atomic mass is 19.1. The Kier molecular flexibility index (Phi) is 2.36. The van der Waals surface area contributed by atoms with E-state index in [-0.39, 0.29) is 5.82 Å². The molecular formula is C9H10FN. The topological polar surface area (TPSA) is 12.4 Å². The standard InChI is InChI=1S/C9H10FN/c1-7-3-4-8(6-11-2)9(10)5-7/h3-6H,1-2H3/b11-6-. The highest BCUT2D eigenvalue weighted by Crippen LogP contribution is 2.06. The highest BCUT2D eigenvalue weighted by Gasteiger charge is 1.96. The lowest BCUT2D eigenvalue weighted by molar-refractivity contribution is 0.625. The lowest BCUT2D eigenvalue weighted by atomic mass is 10.1. The van der Waals surface area contributed by atoms with Crippen LogP contribution < -0.4 is 0 Å². The van der Waals surface area contributed by atoms with E-state index >= 15 is 0 Å². The summed E-state index contributed by atoms with van der Waals surface area (Å²) in [6.07, 6.45) is 1.51. The summed E-state index contributed by atoms with van der Waals surface area (Å²) in [6, 6.07) is 5.08. The van der Waals surface area contributed by atoms with E-state index in [0.29, 0.717) is 5.56 Å². The minimum atomic E-state index is -0.212. The molecule has 0 aliphatic carbocycles. The van der Waals surface area contributed by atoms with Crippen molar-refractivity contribution in [2.45, 2.75) is 6.92 Å². The summed E-state index contributed by atoms with van der Waals surface area (Å²) in [5.41, 5.74) is 1.47. The van der Waals surface area contributed by atoms with Crippen molar-refractivity contribution in [3.05, 3.63) is 35.1 Å². The van der Waals surface area contributed by atoms with Crippen molar-refractivity contribution in [1.29, 1.82) is 0 Å². The van der Waals surface area contributed by atoms with Gasteiger partial charge in [-0.05, 0) is 18.6 Å². The summed E-state index contributed by atoms with van der Waals surface area (Å²) in [7, 11) is 1.62. The van der Waals surface area contributed by atoms with E-state index in [0.717, 1.165) is 5.56 Å². The van der Waals surface area contributed by atoms with Gasteiger partial charge >= 0.3 is 0 Å². The van der Waals surface area contributed by atoms with Crippen LogP contribution in [-0.2, 0) is 0 Å². The van der Waals surface area contributed by atoms with Crippen LogP contribution in [0.25, 0.3) is 0 Å². The van der Waals surface area contributed by atoms with Gasteiger partial charge in [-0.2, -0.15) is 0 Å². The quantitative estimate of drug-likeness (QED) is 0.545. The number of rotatable bonds is 1. The van der Waals surface area contributed by atoms with Gasteiger partial charge in [-0.25, -0.2) is 4.39 Å². The molecule has 0 atom stereocenters. The third-order valence-electron chi connectivity index (χ3n) is 1.42. The van der Waals surface area contributed by atoms with Gasteiger partial charge in [-0.3, -0.25) is 4.99 Å². The minimum Gasteiger partial charge on any atom is -0.296 e. The molecule has 11 heavy (non-hydrogen) atoms. The van der Waals surface area contributed by atoms with Gasteiger partial charge in [-0.15, -0.1) is 0 Å². The minimum absolute atomic E-state index is 0.212. The molecular weight excluding hydrogens is 141 g/mol. The first-order valence-corrected chi connectivity index (χ1v) is 3.42. The third-order valence-corrected chi connectivity index (χ3v) is 1.42. The number of aryl methyl sites for hydroxylation is 1. The second kappa shape index (κ2) is 3.28. The Morgan fingerprint density at radius 1 is 1.45 bits per heavy atom. The van der Waals surface area contributed by atoms with Crippen molar-refractivity contribution in [2.24, 2.45) is 4.99 Å². The fourth-order valence-electron chi connectivity index (χ4n) is 0.876. The van der Waals surface area contributed by atoms with Crippen LogP contribution in [0.3, 0.4) is 0 Å². The van der Waals surface area contributed by atoms with Crippen molar-refractivity contribution in [1.82, 2.24) is 0 Å². The van der Waals surface area contributed by atoms with Crippen molar-refractivity contribution < 1.29 is 4.39 Å². The normalized spacial score (nSPS) is 10.8. The Labute approximate surface area is 65.6 Å². The summed E-state index contributed by atoms with van der Waals surface area (Å²) in [5.74, 6) is -0.212. The molecule has 2 heteroatoms. The van der Waals surface area contributed by atoms with Gasteiger partial charge in [-0.1, -0.05) is 12.1 Å². The SMILES string of the molecule is C/N=C\c1ccc(C)cc1F. The first-order valence-electron chi connectivity index (χ1n) is 3.42. The Morgan fingerprint density at radius 2 is 2.18 bits per heavy atom. The Balaban J connectivity index is 3.09. The number of nitrogens with zero attached hydrogens (tertiary/aromatic N) is 1. The smallest absolute Gasteiger partial charge is 0.132 e. The maximum Gasteiger partial charge on any atom is 0.132 e. The number of hydrogen-bond acceptors (Lipinski definition) is 1. The summed E-state index contributed by atoms with van der Waals surface area (Å²) in [4.78, 5) is 3.73. The van der Waals surface area contributed by atoms with E-state index in [1.165, 1.54) is 12.3 Å². The van der Waals surface area contributed by atoms with E-state index in [2.05, 4.69) is 4.99 Å². The fourth-order valence-corrected chi connectivity index (χ4v) is 0.876. The van der Waals surface area contributed by atoms with E-state index in [4.69, 9.17) is 0 Å². The summed E-state index contributed by atoms with van der Waals surface area (Å²) in [5, 5.41) is 0. The molecule has 0 aliphatic rings. The van der Waals surface area contributed by atoms with Crippen LogP contribution in [0.1, 0.15) is 11.1 Å². The molecule has 0 saturated carbocycles. The van der Waals surface area contributed by atoms with Crippen LogP contribution in [0.5, 0.6) is 0 Å². The first kappa shape index (κ1) is 7.92. The molecule has 0 saturated heterocycles. The number of hydrogen-bond donors (Lipinski definition) is 0. The van der Waals surface area contributed by atoms with Gasteiger partial charge in [0.15, 0.2) is 0 Å². The molecule has 1 aromatic rings. The van der Waals surface area contributed by atoms with Crippen molar-refractivity contribution in [3.63, 3.8) is 0 Å². The maximum atomic E-state index is 12.9. The van der Waals surface area contributed by atoms with Gasteiger partial charge in [0, 0.05) is 18.8 Å². The zero-order chi connectivity index (χ0) is 8.27. The molecule has 0 aliphatic heterocycles. The van der Waals surface area contributed by atoms with Gasteiger partial charge < -0.3 is 0 Å². The molecule has 0 N–H and O–H groups in total. The molecule has 0 aromatic heterocycles. The van der Waals surface area contributed by atoms with Crippen molar-refractivity contribution >= 4 is 6.21 Å². The predicted molar refractivity (Wildman–Crippen MR) is 44.7 cm³/mol. The van der Waals surface area contributed by atoms with Crippen LogP contribution in [-0.4, -0.2) is 13.3 Å². The van der Waals surface area contributed by atoms with Gasteiger partial charge in [0.2, 0.25) is 0 Å². The Hall–Kier alpha value is -1.18. The molecule has 0 bridgehead atoms. The van der Waals surface area contributed by atoms with Gasteiger partial charge in [0.25, 0.3) is 0 Å². The summed E-state index contributed by atoms with van der Waals surface area (Å²) in [6.45, 7) is 1.86. The average molecular weight is 151 g/mol. The maximum absolute atomic E-state index is 12.9. The molecule has 1 nitrogen and oxygen atoms in total. The van der Waals surface area contributed by atoms with E-state index < -0.39 is 0 Å². The van der Waals surface area contributed by atoms with Crippen LogP contribution in [0, 0.1) is 12.7 Å². The van der Waals surface area contributed by atoms with Crippen LogP contribution in [0.2, 0.25) is 0 Å². The van der Waals surface area contributed by atoms with Crippen molar-refractivity contribution in [2.75, 3.05) is 7.05 Å². The fraction of sp³-hybridized carbons (Fsp3) is 0.222. The van der Waals surface area contributed by atoms with E-state index in [1.54, 1.807) is 13.1 Å². The number of benzene rings is 1. The Morgan fingerprint density at radius 3 is 2.73 bits per heavy atom. The third kappa shape index (κ3) is 1.87. The molecule has 0 spiro atoms. The second-order valence-corrected chi connectivity index (χ2v) is 2.41. The summed E-state index contributed by atoms with van der Waals surface area (Å²) >= 11 is 0. The highest BCUT2D eigenvalue weighted by molar-refractivity contribution is 5.79. The zero-order valence-electron chi connectivity index (χ0n) is 6.63. The molecule has 0 heterocycles. The molecule has 1 aromatic carbocycles. The van der Waals surface area contributed by atoms with Crippen molar-refractivity contribution in [3.8, 4) is 0 Å². The average Bonchev–Trinajstić information content (AvgIpc) is 1.95. The zero-order valence-corrected chi connectivity index (χ0v) is 6.63. The molecule has 1 rings (SSSR count). The van der Waals surface area contributed by atoms with E-state index in [1.807, 2.05) is 13.0 Å². The van der Waals surface area contributed by atoms with Gasteiger partial charge in [0.05, 0.1) is 0 Å². The monoisotopic (exact) mass is 151 g/mol. The van der Waals surface area contributed by atoms with Crippen LogP contribution >= 0.6 is 0 Å². The lowest BCUT2D eigenvalue weighted by Crippen LogP contribution is -1.88. The van der Waals surface area contributed by atoms with Crippen LogP contribution in [0.4, 0.5) is 4.39 Å². The molecule has 0 amide bonds.